The van der Waals surface area contributed by atoms with E-state index in [1.54, 1.807) is 17.6 Å². The number of rotatable bonds is 7. The van der Waals surface area contributed by atoms with Crippen LogP contribution in [0, 0.1) is 13.8 Å². The molecule has 1 N–H and O–H groups in total. The molecule has 0 aliphatic carbocycles. The first-order valence-corrected chi connectivity index (χ1v) is 8.01. The van der Waals surface area contributed by atoms with Crippen molar-refractivity contribution in [3.8, 4) is 5.75 Å². The van der Waals surface area contributed by atoms with Gasteiger partial charge in [-0.25, -0.2) is 4.98 Å². The molecule has 21 heavy (non-hydrogen) atoms. The predicted octanol–water partition coefficient (Wildman–Crippen LogP) is 4.38. The summed E-state index contributed by atoms with van der Waals surface area (Å²) in [7, 11) is 0. The molecule has 1 aromatic heterocycles. The van der Waals surface area contributed by atoms with E-state index in [1.807, 2.05) is 24.4 Å². The Kier molecular flexibility index (Phi) is 5.75. The molecule has 1 heterocycles. The van der Waals surface area contributed by atoms with E-state index >= 15 is 0 Å². The Morgan fingerprint density at radius 1 is 1.38 bits per heavy atom. The van der Waals surface area contributed by atoms with Crippen LogP contribution in [0.2, 0.25) is 0 Å². The van der Waals surface area contributed by atoms with E-state index in [0.29, 0.717) is 0 Å². The largest absolute Gasteiger partial charge is 0.493 e. The molecule has 0 amide bonds. The van der Waals surface area contributed by atoms with Gasteiger partial charge in [-0.05, 0) is 49.6 Å². The summed E-state index contributed by atoms with van der Waals surface area (Å²) in [5.41, 5.74) is 6.10. The van der Waals surface area contributed by atoms with Crippen LogP contribution in [-0.2, 0) is 0 Å². The molecule has 2 rings (SSSR count). The van der Waals surface area contributed by atoms with Crippen LogP contribution in [-0.4, -0.2) is 17.8 Å². The first-order chi connectivity index (χ1) is 10.2. The lowest BCUT2D eigenvalue weighted by atomic mass is 10.1. The molecule has 1 aromatic carbocycles. The van der Waals surface area contributed by atoms with Crippen molar-refractivity contribution < 1.29 is 4.74 Å². The van der Waals surface area contributed by atoms with Crippen molar-refractivity contribution >= 4 is 22.7 Å². The second-order valence-corrected chi connectivity index (χ2v) is 5.75. The molecule has 0 aliphatic rings. The number of aromatic nitrogens is 1. The molecule has 0 radical (unpaired) electrons. The van der Waals surface area contributed by atoms with Gasteiger partial charge in [0.2, 0.25) is 5.13 Å². The van der Waals surface area contributed by atoms with E-state index < -0.39 is 0 Å². The number of benzene rings is 1. The fourth-order valence-electron chi connectivity index (χ4n) is 1.81. The third-order valence-corrected chi connectivity index (χ3v) is 3.81. The highest BCUT2D eigenvalue weighted by atomic mass is 32.1. The third-order valence-electron chi connectivity index (χ3n) is 2.95. The number of nitrogens with one attached hydrogen (secondary N) is 1. The first-order valence-electron chi connectivity index (χ1n) is 7.13. The van der Waals surface area contributed by atoms with E-state index in [9.17, 15) is 0 Å². The van der Waals surface area contributed by atoms with Crippen LogP contribution >= 0.6 is 11.3 Å². The smallest absolute Gasteiger partial charge is 0.203 e. The number of nitrogens with zero attached hydrogens (tertiary/aromatic N) is 2. The number of thiazole rings is 1. The number of anilines is 1. The Morgan fingerprint density at radius 3 is 2.90 bits per heavy atom. The normalized spacial score (nSPS) is 11.0. The predicted molar refractivity (Wildman–Crippen MR) is 89.6 cm³/mol. The zero-order valence-electron chi connectivity index (χ0n) is 12.7. The molecule has 0 spiro atoms. The maximum Gasteiger partial charge on any atom is 0.203 e. The van der Waals surface area contributed by atoms with Crippen LogP contribution in [0.4, 0.5) is 5.13 Å². The third kappa shape index (κ3) is 4.86. The molecule has 112 valence electrons. The Bertz CT molecular complexity index is 607. The fraction of sp³-hybridized carbons (Fsp3) is 0.375. The highest BCUT2D eigenvalue weighted by Crippen LogP contribution is 2.19. The van der Waals surface area contributed by atoms with E-state index in [4.69, 9.17) is 4.74 Å². The van der Waals surface area contributed by atoms with Gasteiger partial charge in [0.1, 0.15) is 5.75 Å². The fourth-order valence-corrected chi connectivity index (χ4v) is 2.45. The maximum absolute atomic E-state index is 5.74. The summed E-state index contributed by atoms with van der Waals surface area (Å²) < 4.78 is 5.74. The van der Waals surface area contributed by atoms with Crippen molar-refractivity contribution in [2.75, 3.05) is 12.0 Å². The van der Waals surface area contributed by atoms with Crippen molar-refractivity contribution in [3.63, 3.8) is 0 Å². The van der Waals surface area contributed by atoms with Gasteiger partial charge in [0.05, 0.1) is 18.5 Å². The summed E-state index contributed by atoms with van der Waals surface area (Å²) in [5, 5.41) is 7.00. The van der Waals surface area contributed by atoms with Crippen LogP contribution in [0.25, 0.3) is 0 Å². The van der Waals surface area contributed by atoms with Gasteiger partial charge in [0.15, 0.2) is 0 Å². The molecule has 0 aliphatic heterocycles. The highest BCUT2D eigenvalue weighted by Gasteiger charge is 2.00. The van der Waals surface area contributed by atoms with Crippen LogP contribution in [0.3, 0.4) is 0 Å². The lowest BCUT2D eigenvalue weighted by Crippen LogP contribution is -1.99. The zero-order valence-corrected chi connectivity index (χ0v) is 13.5. The SMILES string of the molecule is CCCCOc1ccc(C=NNc2nc(C)cs2)cc1C. The summed E-state index contributed by atoms with van der Waals surface area (Å²) in [5.74, 6) is 0.948. The second kappa shape index (κ2) is 7.78. The van der Waals surface area contributed by atoms with E-state index in [1.165, 1.54) is 0 Å². The highest BCUT2D eigenvalue weighted by molar-refractivity contribution is 7.13. The van der Waals surface area contributed by atoms with Gasteiger partial charge in [-0.3, -0.25) is 5.43 Å². The van der Waals surface area contributed by atoms with Crippen molar-refractivity contribution in [2.45, 2.75) is 33.6 Å². The van der Waals surface area contributed by atoms with Crippen LogP contribution in [0.5, 0.6) is 5.75 Å². The number of hydrazone groups is 1. The summed E-state index contributed by atoms with van der Waals surface area (Å²) in [6, 6.07) is 6.08. The van der Waals surface area contributed by atoms with Gasteiger partial charge in [-0.1, -0.05) is 13.3 Å². The van der Waals surface area contributed by atoms with E-state index in [0.717, 1.165) is 47.2 Å². The number of unbranched alkanes of at least 4 members (excludes halogenated alkanes) is 1. The Balaban J connectivity index is 1.93. The van der Waals surface area contributed by atoms with Crippen molar-refractivity contribution in [1.82, 2.24) is 4.98 Å². The molecule has 0 saturated heterocycles. The lowest BCUT2D eigenvalue weighted by Gasteiger charge is -2.08. The zero-order chi connectivity index (χ0) is 15.1. The summed E-state index contributed by atoms with van der Waals surface area (Å²) in [4.78, 5) is 4.29. The van der Waals surface area contributed by atoms with Gasteiger partial charge in [0.25, 0.3) is 0 Å². The summed E-state index contributed by atoms with van der Waals surface area (Å²) in [6.45, 7) is 6.95. The Hall–Kier alpha value is -1.88. The minimum absolute atomic E-state index is 0.774. The minimum Gasteiger partial charge on any atom is -0.493 e. The monoisotopic (exact) mass is 303 g/mol. The number of ether oxygens (including phenoxy) is 1. The van der Waals surface area contributed by atoms with Crippen LogP contribution in [0.1, 0.15) is 36.6 Å². The second-order valence-electron chi connectivity index (χ2n) is 4.89. The maximum atomic E-state index is 5.74. The summed E-state index contributed by atoms with van der Waals surface area (Å²) in [6.07, 6.45) is 4.02. The molecule has 0 fully saturated rings. The molecular formula is C16H21N3OS. The van der Waals surface area contributed by atoms with Gasteiger partial charge in [0, 0.05) is 5.38 Å². The Labute approximate surface area is 129 Å². The van der Waals surface area contributed by atoms with Crippen LogP contribution in [0.15, 0.2) is 28.7 Å². The Morgan fingerprint density at radius 2 is 2.24 bits per heavy atom. The number of hydrogen-bond acceptors (Lipinski definition) is 5. The standard InChI is InChI=1S/C16H21N3OS/c1-4-5-8-20-15-7-6-14(9-12(15)2)10-17-19-16-18-13(3)11-21-16/h6-7,9-11H,4-5,8H2,1-3H3,(H,18,19). The van der Waals surface area contributed by atoms with Gasteiger partial charge in [-0.15, -0.1) is 11.3 Å². The first kappa shape index (κ1) is 15.5. The molecule has 0 unspecified atom stereocenters. The average molecular weight is 303 g/mol. The molecule has 0 atom stereocenters. The number of aryl methyl sites for hydroxylation is 2. The van der Waals surface area contributed by atoms with Crippen molar-refractivity contribution in [1.29, 1.82) is 0 Å². The van der Waals surface area contributed by atoms with E-state index in [-0.39, 0.29) is 0 Å². The van der Waals surface area contributed by atoms with Crippen LogP contribution < -0.4 is 10.2 Å². The minimum atomic E-state index is 0.774. The molecule has 0 bridgehead atoms. The van der Waals surface area contributed by atoms with Gasteiger partial charge in [-0.2, -0.15) is 5.10 Å². The quantitative estimate of drug-likeness (QED) is 0.469. The topological polar surface area (TPSA) is 46.5 Å². The molecule has 4 nitrogen and oxygen atoms in total. The molecule has 0 saturated carbocycles. The lowest BCUT2D eigenvalue weighted by molar-refractivity contribution is 0.307. The van der Waals surface area contributed by atoms with Crippen molar-refractivity contribution in [3.05, 3.63) is 40.4 Å². The van der Waals surface area contributed by atoms with Gasteiger partial charge < -0.3 is 4.74 Å². The van der Waals surface area contributed by atoms with Gasteiger partial charge >= 0.3 is 0 Å². The average Bonchev–Trinajstić information content (AvgIpc) is 2.87. The molecular weight excluding hydrogens is 282 g/mol. The summed E-state index contributed by atoms with van der Waals surface area (Å²) >= 11 is 1.55. The molecule has 5 heteroatoms. The molecule has 2 aromatic rings. The van der Waals surface area contributed by atoms with E-state index in [2.05, 4.69) is 35.4 Å². The van der Waals surface area contributed by atoms with Crippen molar-refractivity contribution in [2.24, 2.45) is 5.10 Å². The number of hydrogen-bond donors (Lipinski definition) is 1.